The molecular formula is C27H27ClN8O9S2. The molecule has 1 fully saturated rings. The molecule has 0 spiro atoms. The number of thiazole rings is 1. The van der Waals surface area contributed by atoms with Crippen LogP contribution in [0.15, 0.2) is 47.0 Å². The molecule has 0 aromatic carbocycles. The van der Waals surface area contributed by atoms with Gasteiger partial charge in [-0.15, -0.1) is 11.8 Å². The molecule has 5 heterocycles. The summed E-state index contributed by atoms with van der Waals surface area (Å²) in [6.07, 6.45) is 1.62. The standard InChI is InChI=1S/C27H27ClN8O9S2/c1-12(24(39)40)45-33-17(16-20(28)47-26(29)32-16)21(37)31-18-22(38)36-19(25(41)42)13(11-46-23(18)36)10-35-6-3-4-14-15(35)5-7-34(14)8-9-44-27(43)30-2/h3-7,12,18,23H,8-11H2,1-2H3,(H5-,29,30,31,32,37,39,40,41,42,43)/b33-17-/t12-,18+,23+/m0/s1. The molecule has 2 aliphatic rings. The van der Waals surface area contributed by atoms with E-state index in [2.05, 4.69) is 20.8 Å². The number of nitrogen functional groups attached to an aromatic ring is 1. The van der Waals surface area contributed by atoms with Gasteiger partial charge in [0.1, 0.15) is 33.6 Å². The number of anilines is 1. The van der Waals surface area contributed by atoms with Crippen molar-refractivity contribution in [2.45, 2.75) is 37.5 Å². The van der Waals surface area contributed by atoms with Crippen LogP contribution in [0, 0.1) is 0 Å². The Morgan fingerprint density at radius 1 is 1.34 bits per heavy atom. The van der Waals surface area contributed by atoms with Gasteiger partial charge < -0.3 is 45.5 Å². The van der Waals surface area contributed by atoms with E-state index in [0.717, 1.165) is 27.3 Å². The first-order valence-electron chi connectivity index (χ1n) is 13.8. The molecule has 3 amide bonds. The average molecular weight is 707 g/mol. The number of nitrogens with two attached hydrogens (primary N) is 1. The first kappa shape index (κ1) is 33.5. The van der Waals surface area contributed by atoms with E-state index in [1.807, 2.05) is 27.5 Å². The highest BCUT2D eigenvalue weighted by atomic mass is 35.5. The van der Waals surface area contributed by atoms with Crippen LogP contribution in [0.3, 0.4) is 0 Å². The number of β-lactam (4-membered cyclic amide) rings is 1. The summed E-state index contributed by atoms with van der Waals surface area (Å²) in [6.45, 7) is 1.84. The van der Waals surface area contributed by atoms with Crippen molar-refractivity contribution in [1.82, 2.24) is 25.1 Å². The van der Waals surface area contributed by atoms with Crippen molar-refractivity contribution in [3.8, 4) is 0 Å². The number of aromatic nitrogens is 3. The topological polar surface area (TPSA) is 234 Å². The van der Waals surface area contributed by atoms with Crippen LogP contribution in [0.25, 0.3) is 11.0 Å². The second-order valence-electron chi connectivity index (χ2n) is 10.1. The van der Waals surface area contributed by atoms with Gasteiger partial charge in [-0.3, -0.25) is 14.5 Å². The maximum atomic E-state index is 13.3. The highest BCUT2D eigenvalue weighted by Gasteiger charge is 2.53. The van der Waals surface area contributed by atoms with E-state index in [1.54, 1.807) is 12.3 Å². The number of carboxylic acid groups (broad SMARTS) is 2. The fourth-order valence-corrected chi connectivity index (χ4v) is 7.16. The maximum Gasteiger partial charge on any atom is 0.406 e. The average Bonchev–Trinajstić information content (AvgIpc) is 3.61. The first-order valence-corrected chi connectivity index (χ1v) is 16.0. The highest BCUT2D eigenvalue weighted by Crippen LogP contribution is 2.40. The molecule has 17 nitrogen and oxygen atoms in total. The third kappa shape index (κ3) is 6.81. The second kappa shape index (κ2) is 13.9. The zero-order valence-corrected chi connectivity index (χ0v) is 27.1. The lowest BCUT2D eigenvalue weighted by Crippen LogP contribution is -2.71. The molecule has 248 valence electrons. The number of hydrogen-bond donors (Lipinski definition) is 4. The summed E-state index contributed by atoms with van der Waals surface area (Å²) in [5, 5.41) is 29.3. The van der Waals surface area contributed by atoms with Crippen molar-refractivity contribution in [2.75, 3.05) is 25.1 Å². The molecule has 47 heavy (non-hydrogen) atoms. The van der Waals surface area contributed by atoms with E-state index in [-0.39, 0.29) is 39.8 Å². The molecule has 2 aliphatic heterocycles. The summed E-state index contributed by atoms with van der Waals surface area (Å²) in [4.78, 5) is 71.6. The smallest absolute Gasteiger partial charge is 0.406 e. The minimum absolute atomic E-state index is 0.00180. The van der Waals surface area contributed by atoms with E-state index < -0.39 is 53.1 Å². The molecule has 3 atom stereocenters. The number of rotatable bonds is 12. The third-order valence-corrected chi connectivity index (χ3v) is 9.59. The number of pyridine rings is 1. The number of halogens is 1. The van der Waals surface area contributed by atoms with E-state index >= 15 is 0 Å². The summed E-state index contributed by atoms with van der Waals surface area (Å²) in [6, 6.07) is 4.34. The van der Waals surface area contributed by atoms with E-state index in [9.17, 15) is 29.1 Å². The number of oxime groups is 1. The zero-order chi connectivity index (χ0) is 34.0. The van der Waals surface area contributed by atoms with Crippen molar-refractivity contribution in [3.05, 3.63) is 51.9 Å². The second-order valence-corrected chi connectivity index (χ2v) is 12.8. The molecule has 5 rings (SSSR count). The van der Waals surface area contributed by atoms with Crippen molar-refractivity contribution in [1.29, 1.82) is 0 Å². The first-order chi connectivity index (χ1) is 22.4. The Labute approximate surface area is 278 Å². The number of nitrogens with zero attached hydrogens (tertiary/aromatic N) is 5. The molecule has 3 aromatic heterocycles. The number of alkyl carbamates (subject to hydrolysis) is 1. The normalized spacial score (nSPS) is 18.3. The minimum Gasteiger partial charge on any atom is -0.543 e. The Bertz CT molecular complexity index is 1840. The van der Waals surface area contributed by atoms with Gasteiger partial charge in [-0.05, 0) is 13.0 Å². The Hall–Kier alpha value is -4.88. The highest BCUT2D eigenvalue weighted by molar-refractivity contribution is 8.00. The maximum absolute atomic E-state index is 13.3. The van der Waals surface area contributed by atoms with E-state index in [1.165, 1.54) is 25.7 Å². The van der Waals surface area contributed by atoms with Crippen molar-refractivity contribution >= 4 is 86.4 Å². The summed E-state index contributed by atoms with van der Waals surface area (Å²) in [5.41, 5.74) is 6.71. The molecule has 5 N–H and O–H groups in total. The number of amides is 3. The van der Waals surface area contributed by atoms with Gasteiger partial charge in [-0.25, -0.2) is 14.6 Å². The summed E-state index contributed by atoms with van der Waals surface area (Å²) in [7, 11) is 1.47. The van der Waals surface area contributed by atoms with Crippen LogP contribution in [0.4, 0.5) is 9.93 Å². The SMILES string of the molecule is CNC(=O)OCCn1ccc2c1ccc[n+]2CC1=C(C(=O)[O-])N2C(=O)[C@@H](NC(=O)/C(=N\O[C@@H](C)C(=O)O)c3nc(N)sc3Cl)[C@H]2SC1. The quantitative estimate of drug-likeness (QED) is 0.0790. The molecule has 0 bridgehead atoms. The minimum atomic E-state index is -1.55. The van der Waals surface area contributed by atoms with Crippen molar-refractivity contribution in [3.63, 3.8) is 0 Å². The lowest BCUT2D eigenvalue weighted by atomic mass is 10.0. The van der Waals surface area contributed by atoms with Crippen LogP contribution in [0.1, 0.15) is 12.6 Å². The van der Waals surface area contributed by atoms with Crippen molar-refractivity contribution in [2.24, 2.45) is 5.16 Å². The van der Waals surface area contributed by atoms with Gasteiger partial charge >= 0.3 is 12.1 Å². The molecule has 0 radical (unpaired) electrons. The van der Waals surface area contributed by atoms with Crippen LogP contribution in [0.2, 0.25) is 4.34 Å². The van der Waals surface area contributed by atoms with Gasteiger partial charge in [0, 0.05) is 36.7 Å². The van der Waals surface area contributed by atoms with Crippen LogP contribution in [-0.2, 0) is 41.8 Å². The number of ether oxygens (including phenoxy) is 1. The molecule has 0 unspecified atom stereocenters. The lowest BCUT2D eigenvalue weighted by molar-refractivity contribution is -0.663. The Kier molecular flexibility index (Phi) is 9.87. The predicted octanol–water partition coefficient (Wildman–Crippen LogP) is -0.725. The summed E-state index contributed by atoms with van der Waals surface area (Å²) >= 11 is 8.24. The van der Waals surface area contributed by atoms with Crippen LogP contribution >= 0.6 is 34.7 Å². The monoisotopic (exact) mass is 706 g/mol. The summed E-state index contributed by atoms with van der Waals surface area (Å²) < 4.78 is 8.77. The molecule has 0 aliphatic carbocycles. The largest absolute Gasteiger partial charge is 0.543 e. The molecular weight excluding hydrogens is 680 g/mol. The van der Waals surface area contributed by atoms with Crippen LogP contribution < -0.4 is 26.0 Å². The number of hydrogen-bond acceptors (Lipinski definition) is 13. The van der Waals surface area contributed by atoms with E-state index in [4.69, 9.17) is 32.0 Å². The fourth-order valence-electron chi connectivity index (χ4n) is 4.90. The summed E-state index contributed by atoms with van der Waals surface area (Å²) in [5.74, 6) is -4.38. The van der Waals surface area contributed by atoms with Gasteiger partial charge in [0.05, 0.1) is 18.2 Å². The Morgan fingerprint density at radius 2 is 2.11 bits per heavy atom. The van der Waals surface area contributed by atoms with Gasteiger partial charge in [0.15, 0.2) is 23.6 Å². The van der Waals surface area contributed by atoms with Gasteiger partial charge in [-0.2, -0.15) is 4.57 Å². The number of carboxylic acids is 2. The van der Waals surface area contributed by atoms with Crippen LogP contribution in [0.5, 0.6) is 0 Å². The number of carbonyl (C=O) groups is 5. The number of carbonyl (C=O) groups excluding carboxylic acids is 4. The Morgan fingerprint density at radius 3 is 2.77 bits per heavy atom. The molecule has 1 saturated heterocycles. The number of thioether (sulfide) groups is 1. The molecule has 20 heteroatoms. The lowest BCUT2D eigenvalue weighted by Gasteiger charge is -2.50. The van der Waals surface area contributed by atoms with Crippen molar-refractivity contribution < 1.29 is 48.3 Å². The fraction of sp³-hybridized carbons (Fsp3) is 0.333. The zero-order valence-electron chi connectivity index (χ0n) is 24.7. The Balaban J connectivity index is 1.35. The third-order valence-electron chi connectivity index (χ3n) is 7.16. The van der Waals surface area contributed by atoms with E-state index in [0.29, 0.717) is 12.1 Å². The van der Waals surface area contributed by atoms with Crippen LogP contribution in [-0.4, -0.2) is 92.0 Å². The number of aliphatic carboxylic acids is 2. The number of fused-ring (bicyclic) bond motifs is 2. The molecule has 3 aromatic rings. The number of nitrogens with one attached hydrogen (secondary N) is 2. The van der Waals surface area contributed by atoms with Gasteiger partial charge in [-0.1, -0.05) is 28.1 Å². The van der Waals surface area contributed by atoms with Gasteiger partial charge in [0.2, 0.25) is 11.6 Å². The van der Waals surface area contributed by atoms with Gasteiger partial charge in [0.25, 0.3) is 11.8 Å². The predicted molar refractivity (Wildman–Crippen MR) is 166 cm³/mol. The molecule has 0 saturated carbocycles.